The fourth-order valence-corrected chi connectivity index (χ4v) is 3.87. The number of rotatable bonds is 5. The van der Waals surface area contributed by atoms with Crippen LogP contribution in [0.25, 0.3) is 0 Å². The van der Waals surface area contributed by atoms with Gasteiger partial charge in [0.25, 0.3) is 0 Å². The molecule has 2 aromatic rings. The van der Waals surface area contributed by atoms with Crippen molar-refractivity contribution in [2.24, 2.45) is 0 Å². The van der Waals surface area contributed by atoms with Crippen LogP contribution in [0.2, 0.25) is 0 Å². The molecule has 1 aliphatic heterocycles. The van der Waals surface area contributed by atoms with Crippen molar-refractivity contribution in [2.75, 3.05) is 16.8 Å². The number of aromatic nitrogens is 3. The summed E-state index contributed by atoms with van der Waals surface area (Å²) in [6.07, 6.45) is 11.4. The molecule has 0 fully saturated rings. The van der Waals surface area contributed by atoms with Crippen molar-refractivity contribution in [3.8, 4) is 0 Å². The molecular weight excluding hydrogens is 310 g/mol. The van der Waals surface area contributed by atoms with Gasteiger partial charge in [-0.05, 0) is 57.1 Å². The van der Waals surface area contributed by atoms with E-state index in [1.54, 1.807) is 11.8 Å². The molecule has 4 rings (SSSR count). The molecule has 25 heavy (non-hydrogen) atoms. The summed E-state index contributed by atoms with van der Waals surface area (Å²) in [5, 5.41) is 11.7. The Morgan fingerprint density at radius 3 is 3.04 bits per heavy atom. The molecular formula is C20H25N5. The van der Waals surface area contributed by atoms with E-state index in [0.717, 1.165) is 25.2 Å². The smallest absolute Gasteiger partial charge is 0.244 e. The molecule has 0 amide bonds. The minimum Gasteiger partial charge on any atom is -0.353 e. The SMILES string of the molecule is CC1Cc2ccccc2N1c1cnnc(NCCC2=CCCCC2)n1. The van der Waals surface area contributed by atoms with Gasteiger partial charge >= 0.3 is 0 Å². The van der Waals surface area contributed by atoms with Crippen LogP contribution in [0, 0.1) is 0 Å². The topological polar surface area (TPSA) is 53.9 Å². The molecule has 0 saturated carbocycles. The Morgan fingerprint density at radius 2 is 2.16 bits per heavy atom. The van der Waals surface area contributed by atoms with E-state index in [1.807, 2.05) is 0 Å². The van der Waals surface area contributed by atoms with Gasteiger partial charge in [-0.3, -0.25) is 0 Å². The molecule has 2 aliphatic rings. The van der Waals surface area contributed by atoms with Crippen LogP contribution >= 0.6 is 0 Å². The first-order valence-corrected chi connectivity index (χ1v) is 9.30. The Morgan fingerprint density at radius 1 is 1.24 bits per heavy atom. The number of nitrogens with zero attached hydrogens (tertiary/aromatic N) is 4. The third-order valence-corrected chi connectivity index (χ3v) is 5.11. The Labute approximate surface area is 149 Å². The highest BCUT2D eigenvalue weighted by atomic mass is 15.3. The third-order valence-electron chi connectivity index (χ3n) is 5.11. The zero-order valence-electron chi connectivity index (χ0n) is 14.8. The van der Waals surface area contributed by atoms with Crippen LogP contribution in [-0.2, 0) is 6.42 Å². The molecule has 1 aromatic carbocycles. The normalized spacial score (nSPS) is 19.5. The number of hydrogen-bond acceptors (Lipinski definition) is 5. The highest BCUT2D eigenvalue weighted by molar-refractivity contribution is 5.68. The number of benzene rings is 1. The van der Waals surface area contributed by atoms with Crippen molar-refractivity contribution in [2.45, 2.75) is 51.5 Å². The van der Waals surface area contributed by atoms with Crippen LogP contribution in [0.3, 0.4) is 0 Å². The standard InChI is InChI=1S/C20H25N5/c1-15-13-17-9-5-6-10-18(17)25(15)19-14-22-24-20(23-19)21-12-11-16-7-3-2-4-8-16/h5-7,9-10,14-15H,2-4,8,11-13H2,1H3,(H,21,23,24). The zero-order chi connectivity index (χ0) is 17.1. The lowest BCUT2D eigenvalue weighted by molar-refractivity contribution is 0.678. The first kappa shape index (κ1) is 16.1. The van der Waals surface area contributed by atoms with Crippen molar-refractivity contribution in [1.82, 2.24) is 15.2 Å². The first-order valence-electron chi connectivity index (χ1n) is 9.30. The fourth-order valence-electron chi connectivity index (χ4n) is 3.87. The zero-order valence-corrected chi connectivity index (χ0v) is 14.8. The van der Waals surface area contributed by atoms with Crippen molar-refractivity contribution in [3.63, 3.8) is 0 Å². The first-order chi connectivity index (χ1) is 12.3. The molecule has 0 bridgehead atoms. The molecule has 1 N–H and O–H groups in total. The molecule has 1 aliphatic carbocycles. The van der Waals surface area contributed by atoms with Gasteiger partial charge in [-0.1, -0.05) is 29.8 Å². The van der Waals surface area contributed by atoms with Gasteiger partial charge in [-0.25, -0.2) is 0 Å². The summed E-state index contributed by atoms with van der Waals surface area (Å²) in [4.78, 5) is 6.97. The van der Waals surface area contributed by atoms with Crippen LogP contribution in [-0.4, -0.2) is 27.8 Å². The second-order valence-electron chi connectivity index (χ2n) is 6.97. The van der Waals surface area contributed by atoms with Gasteiger partial charge in [0.15, 0.2) is 5.82 Å². The summed E-state index contributed by atoms with van der Waals surface area (Å²) in [5.74, 6) is 1.48. The Kier molecular flexibility index (Phi) is 4.63. The van der Waals surface area contributed by atoms with Crippen LogP contribution in [0.5, 0.6) is 0 Å². The van der Waals surface area contributed by atoms with Crippen molar-refractivity contribution in [1.29, 1.82) is 0 Å². The van der Waals surface area contributed by atoms with Crippen LogP contribution in [0.15, 0.2) is 42.1 Å². The Balaban J connectivity index is 1.45. The van der Waals surface area contributed by atoms with Gasteiger partial charge < -0.3 is 10.2 Å². The van der Waals surface area contributed by atoms with E-state index in [4.69, 9.17) is 4.98 Å². The summed E-state index contributed by atoms with van der Waals surface area (Å²) in [6.45, 7) is 3.09. The van der Waals surface area contributed by atoms with Gasteiger partial charge in [0.1, 0.15) is 0 Å². The number of hydrogen-bond donors (Lipinski definition) is 1. The number of nitrogens with one attached hydrogen (secondary N) is 1. The Bertz CT molecular complexity index is 770. The lowest BCUT2D eigenvalue weighted by atomic mass is 9.97. The lowest BCUT2D eigenvalue weighted by Gasteiger charge is -2.23. The highest BCUT2D eigenvalue weighted by Crippen LogP contribution is 2.36. The van der Waals surface area contributed by atoms with Crippen LogP contribution < -0.4 is 10.2 Å². The molecule has 1 unspecified atom stereocenters. The minimum atomic E-state index is 0.384. The van der Waals surface area contributed by atoms with Crippen molar-refractivity contribution in [3.05, 3.63) is 47.7 Å². The summed E-state index contributed by atoms with van der Waals surface area (Å²) >= 11 is 0. The van der Waals surface area contributed by atoms with Gasteiger partial charge in [-0.2, -0.15) is 10.1 Å². The average molecular weight is 335 g/mol. The fraction of sp³-hybridized carbons (Fsp3) is 0.450. The van der Waals surface area contributed by atoms with E-state index in [2.05, 4.69) is 57.7 Å². The second kappa shape index (κ2) is 7.21. The van der Waals surface area contributed by atoms with E-state index in [0.29, 0.717) is 12.0 Å². The number of anilines is 3. The van der Waals surface area contributed by atoms with Gasteiger partial charge in [-0.15, -0.1) is 5.10 Å². The van der Waals surface area contributed by atoms with E-state index in [1.165, 1.54) is 36.9 Å². The summed E-state index contributed by atoms with van der Waals surface area (Å²) in [6, 6.07) is 8.91. The molecule has 130 valence electrons. The molecule has 2 heterocycles. The lowest BCUT2D eigenvalue weighted by Crippen LogP contribution is -2.25. The molecule has 5 heteroatoms. The van der Waals surface area contributed by atoms with Crippen molar-refractivity contribution >= 4 is 17.5 Å². The predicted molar refractivity (Wildman–Crippen MR) is 101 cm³/mol. The van der Waals surface area contributed by atoms with E-state index >= 15 is 0 Å². The molecule has 1 atom stereocenters. The van der Waals surface area contributed by atoms with E-state index in [-0.39, 0.29) is 0 Å². The monoisotopic (exact) mass is 335 g/mol. The number of fused-ring (bicyclic) bond motifs is 1. The molecule has 0 radical (unpaired) electrons. The maximum absolute atomic E-state index is 4.71. The molecule has 0 spiro atoms. The van der Waals surface area contributed by atoms with Gasteiger partial charge in [0.05, 0.1) is 6.20 Å². The molecule has 5 nitrogen and oxygen atoms in total. The maximum Gasteiger partial charge on any atom is 0.244 e. The van der Waals surface area contributed by atoms with E-state index in [9.17, 15) is 0 Å². The van der Waals surface area contributed by atoms with Crippen molar-refractivity contribution < 1.29 is 0 Å². The van der Waals surface area contributed by atoms with Gasteiger partial charge in [0, 0.05) is 18.3 Å². The van der Waals surface area contributed by atoms with Crippen LogP contribution in [0.4, 0.5) is 17.5 Å². The summed E-state index contributed by atoms with van der Waals surface area (Å²) < 4.78 is 0. The second-order valence-corrected chi connectivity index (χ2v) is 6.97. The van der Waals surface area contributed by atoms with E-state index < -0.39 is 0 Å². The van der Waals surface area contributed by atoms with Gasteiger partial charge in [0.2, 0.25) is 5.95 Å². The third kappa shape index (κ3) is 3.50. The molecule has 0 saturated heterocycles. The largest absolute Gasteiger partial charge is 0.353 e. The number of para-hydroxylation sites is 1. The minimum absolute atomic E-state index is 0.384. The quantitative estimate of drug-likeness (QED) is 0.828. The Hall–Kier alpha value is -2.43. The summed E-state index contributed by atoms with van der Waals surface area (Å²) in [7, 11) is 0. The van der Waals surface area contributed by atoms with Crippen LogP contribution in [0.1, 0.15) is 44.6 Å². The predicted octanol–water partition coefficient (Wildman–Crippen LogP) is 4.26. The maximum atomic E-state index is 4.71. The summed E-state index contributed by atoms with van der Waals surface area (Å²) in [5.41, 5.74) is 4.16. The highest BCUT2D eigenvalue weighted by Gasteiger charge is 2.28. The number of allylic oxidation sites excluding steroid dienone is 1. The molecule has 1 aromatic heterocycles. The average Bonchev–Trinajstić information content (AvgIpc) is 2.98.